The van der Waals surface area contributed by atoms with Gasteiger partial charge in [-0.2, -0.15) is 5.10 Å². The summed E-state index contributed by atoms with van der Waals surface area (Å²) in [4.78, 5) is 20.7. The van der Waals surface area contributed by atoms with E-state index in [4.69, 9.17) is 27.9 Å². The van der Waals surface area contributed by atoms with Crippen molar-refractivity contribution in [3.8, 4) is 5.75 Å². The van der Waals surface area contributed by atoms with Crippen LogP contribution < -0.4 is 14.8 Å². The number of hydrogen-bond acceptors (Lipinski definition) is 7. The molecule has 0 aliphatic rings. The number of aromatic nitrogens is 4. The monoisotopic (exact) mass is 546 g/mol. The first kappa shape index (κ1) is 25.4. The molecule has 2 heterocycles. The van der Waals surface area contributed by atoms with Crippen LogP contribution in [0.5, 0.6) is 5.75 Å². The molecule has 0 bridgehead atoms. The number of para-hydroxylation sites is 1. The van der Waals surface area contributed by atoms with Crippen molar-refractivity contribution < 1.29 is 17.9 Å². The van der Waals surface area contributed by atoms with Crippen LogP contribution in [-0.4, -0.2) is 34.1 Å². The predicted molar refractivity (Wildman–Crippen MR) is 136 cm³/mol. The quantitative estimate of drug-likeness (QED) is 0.328. The van der Waals surface area contributed by atoms with Gasteiger partial charge in [0.1, 0.15) is 0 Å². The summed E-state index contributed by atoms with van der Waals surface area (Å²) in [6, 6.07) is 13.9. The van der Waals surface area contributed by atoms with Crippen molar-refractivity contribution in [2.45, 2.75) is 25.5 Å². The largest absolute Gasteiger partial charge is 0.468 e. The van der Waals surface area contributed by atoms with E-state index in [0.29, 0.717) is 32.9 Å². The highest BCUT2D eigenvalue weighted by Gasteiger charge is 2.17. The summed E-state index contributed by atoms with van der Waals surface area (Å²) in [5.74, 6) is -0.181. The lowest BCUT2D eigenvalue weighted by Gasteiger charge is -2.10. The highest BCUT2D eigenvalue weighted by molar-refractivity contribution is 7.92. The summed E-state index contributed by atoms with van der Waals surface area (Å²) in [6.07, 6.45) is 1.57. The Morgan fingerprint density at radius 2 is 1.64 bits per heavy atom. The molecule has 10 nitrogen and oxygen atoms in total. The number of ether oxygens (including phenoxy) is 1. The van der Waals surface area contributed by atoms with Gasteiger partial charge in [-0.15, -0.1) is 0 Å². The molecule has 0 radical (unpaired) electrons. The summed E-state index contributed by atoms with van der Waals surface area (Å²) >= 11 is 12.2. The number of nitrogens with one attached hydrogen (secondary N) is 2. The van der Waals surface area contributed by atoms with E-state index in [1.807, 2.05) is 0 Å². The number of hydrogen-bond donors (Lipinski definition) is 2. The molecule has 2 aromatic carbocycles. The van der Waals surface area contributed by atoms with Crippen molar-refractivity contribution in [1.82, 2.24) is 19.7 Å². The Labute approximate surface area is 217 Å². The summed E-state index contributed by atoms with van der Waals surface area (Å²) < 4.78 is 34.7. The van der Waals surface area contributed by atoms with Crippen molar-refractivity contribution >= 4 is 50.8 Å². The minimum absolute atomic E-state index is 0.0112. The fourth-order valence-corrected chi connectivity index (χ4v) is 4.62. The van der Waals surface area contributed by atoms with Gasteiger partial charge in [0, 0.05) is 23.3 Å². The minimum atomic E-state index is -3.91. The molecule has 4 aromatic rings. The molecule has 0 atom stereocenters. The minimum Gasteiger partial charge on any atom is -0.468 e. The predicted octanol–water partition coefficient (Wildman–Crippen LogP) is 4.69. The molecular formula is C23H20Cl2N6O4S. The van der Waals surface area contributed by atoms with Crippen LogP contribution in [-0.2, 0) is 16.8 Å². The summed E-state index contributed by atoms with van der Waals surface area (Å²) in [7, 11) is -3.91. The normalized spacial score (nSPS) is 11.2. The first-order chi connectivity index (χ1) is 17.1. The maximum Gasteiger partial charge on any atom is 0.276 e. The second-order valence-electron chi connectivity index (χ2n) is 7.62. The maximum absolute atomic E-state index is 12.7. The second kappa shape index (κ2) is 10.5. The van der Waals surface area contributed by atoms with Gasteiger partial charge in [0.2, 0.25) is 5.95 Å². The molecular weight excluding hydrogens is 527 g/mol. The number of amides is 1. The first-order valence-corrected chi connectivity index (χ1v) is 12.7. The van der Waals surface area contributed by atoms with E-state index >= 15 is 0 Å². The Kier molecular flexibility index (Phi) is 7.43. The van der Waals surface area contributed by atoms with Gasteiger partial charge >= 0.3 is 0 Å². The van der Waals surface area contributed by atoms with Crippen molar-refractivity contribution in [3.63, 3.8) is 0 Å². The standard InChI is InChI=1S/C23H20Cl2N6O4S/c1-14-12-15(2)27-23(26-14)30-36(33,34)17-8-6-16(7-9-17)28-22(32)20-10-11-31(29-20)13-35-21-18(24)4-3-5-19(21)25/h3-12H,13H2,1-2H3,(H,28,32)(H,26,27,30). The van der Waals surface area contributed by atoms with Gasteiger partial charge in [-0.3, -0.25) is 4.79 Å². The van der Waals surface area contributed by atoms with Crippen LogP contribution >= 0.6 is 23.2 Å². The molecule has 0 unspecified atom stereocenters. The molecule has 13 heteroatoms. The number of carbonyl (C=O) groups excluding carboxylic acids is 1. The average molecular weight is 547 g/mol. The fourth-order valence-electron chi connectivity index (χ4n) is 3.17. The van der Waals surface area contributed by atoms with Gasteiger partial charge in [0.05, 0.1) is 14.9 Å². The van der Waals surface area contributed by atoms with Crippen molar-refractivity contribution in [3.05, 3.63) is 87.9 Å². The smallest absolute Gasteiger partial charge is 0.276 e. The molecule has 0 saturated carbocycles. The van der Waals surface area contributed by atoms with Crippen LogP contribution in [0.1, 0.15) is 21.9 Å². The Morgan fingerprint density at radius 1 is 1.00 bits per heavy atom. The van der Waals surface area contributed by atoms with E-state index in [9.17, 15) is 13.2 Å². The Balaban J connectivity index is 1.38. The second-order valence-corrected chi connectivity index (χ2v) is 10.1. The van der Waals surface area contributed by atoms with Crippen LogP contribution in [0.25, 0.3) is 0 Å². The summed E-state index contributed by atoms with van der Waals surface area (Å²) in [5.41, 5.74) is 1.80. The van der Waals surface area contributed by atoms with Crippen molar-refractivity contribution in [2.75, 3.05) is 10.0 Å². The van der Waals surface area contributed by atoms with Crippen LogP contribution in [0, 0.1) is 13.8 Å². The van der Waals surface area contributed by atoms with Gasteiger partial charge in [-0.05, 0) is 62.4 Å². The number of anilines is 2. The lowest BCUT2D eigenvalue weighted by Crippen LogP contribution is -2.16. The number of rotatable bonds is 8. The van der Waals surface area contributed by atoms with E-state index in [-0.39, 0.29) is 23.3 Å². The zero-order valence-corrected chi connectivity index (χ0v) is 21.4. The Hall–Kier alpha value is -3.67. The molecule has 0 aliphatic carbocycles. The SMILES string of the molecule is Cc1cc(C)nc(NS(=O)(=O)c2ccc(NC(=O)c3ccn(COc4c(Cl)cccc4Cl)n3)cc2)n1. The molecule has 1 amide bonds. The van der Waals surface area contributed by atoms with E-state index in [0.717, 1.165) is 0 Å². The molecule has 36 heavy (non-hydrogen) atoms. The average Bonchev–Trinajstić information content (AvgIpc) is 3.27. The van der Waals surface area contributed by atoms with E-state index < -0.39 is 15.9 Å². The lowest BCUT2D eigenvalue weighted by molar-refractivity contribution is 0.102. The van der Waals surface area contributed by atoms with Crippen LogP contribution in [0.2, 0.25) is 10.0 Å². The summed E-state index contributed by atoms with van der Waals surface area (Å²) in [5, 5.41) is 7.55. The van der Waals surface area contributed by atoms with E-state index in [1.54, 1.807) is 44.3 Å². The number of carbonyl (C=O) groups is 1. The van der Waals surface area contributed by atoms with Crippen LogP contribution in [0.3, 0.4) is 0 Å². The van der Waals surface area contributed by atoms with Gasteiger partial charge in [-0.25, -0.2) is 27.8 Å². The van der Waals surface area contributed by atoms with Crippen LogP contribution in [0.15, 0.2) is 65.7 Å². The zero-order chi connectivity index (χ0) is 25.9. The number of nitrogens with zero attached hydrogens (tertiary/aromatic N) is 4. The topological polar surface area (TPSA) is 128 Å². The molecule has 2 N–H and O–H groups in total. The molecule has 0 fully saturated rings. The van der Waals surface area contributed by atoms with Crippen molar-refractivity contribution in [2.24, 2.45) is 0 Å². The van der Waals surface area contributed by atoms with E-state index in [1.165, 1.54) is 35.0 Å². The van der Waals surface area contributed by atoms with Crippen LogP contribution in [0.4, 0.5) is 11.6 Å². The molecule has 2 aromatic heterocycles. The highest BCUT2D eigenvalue weighted by Crippen LogP contribution is 2.32. The molecule has 0 aliphatic heterocycles. The maximum atomic E-state index is 12.7. The molecule has 0 spiro atoms. The number of sulfonamides is 1. The summed E-state index contributed by atoms with van der Waals surface area (Å²) in [6.45, 7) is 3.48. The molecule has 186 valence electrons. The fraction of sp³-hybridized carbons (Fsp3) is 0.130. The third kappa shape index (κ3) is 6.11. The Bertz CT molecular complexity index is 1480. The van der Waals surface area contributed by atoms with Crippen molar-refractivity contribution in [1.29, 1.82) is 0 Å². The highest BCUT2D eigenvalue weighted by atomic mass is 35.5. The first-order valence-electron chi connectivity index (χ1n) is 10.5. The van der Waals surface area contributed by atoms with E-state index in [2.05, 4.69) is 25.1 Å². The van der Waals surface area contributed by atoms with Gasteiger partial charge < -0.3 is 10.1 Å². The Morgan fingerprint density at radius 3 is 2.28 bits per heavy atom. The molecule has 4 rings (SSSR count). The van der Waals surface area contributed by atoms with Gasteiger partial charge in [0.25, 0.3) is 15.9 Å². The van der Waals surface area contributed by atoms with Gasteiger partial charge in [0.15, 0.2) is 18.2 Å². The number of aryl methyl sites for hydroxylation is 2. The third-order valence-corrected chi connectivity index (χ3v) is 6.70. The molecule has 0 saturated heterocycles. The number of benzene rings is 2. The van der Waals surface area contributed by atoms with Gasteiger partial charge in [-0.1, -0.05) is 29.3 Å². The lowest BCUT2D eigenvalue weighted by atomic mass is 10.3. The zero-order valence-electron chi connectivity index (χ0n) is 19.1. The number of halogens is 2. The third-order valence-electron chi connectivity index (χ3n) is 4.76.